The van der Waals surface area contributed by atoms with Gasteiger partial charge in [-0.1, -0.05) is 83.9 Å². The number of nitrogens with zero attached hydrogens (tertiary/aromatic N) is 2. The Hall–Kier alpha value is -2.37. The molecule has 0 bridgehead atoms. The zero-order valence-electron chi connectivity index (χ0n) is 13.2. The van der Waals surface area contributed by atoms with Crippen molar-refractivity contribution in [2.24, 2.45) is 15.7 Å². The molecule has 0 radical (unpaired) electrons. The van der Waals surface area contributed by atoms with Gasteiger partial charge in [0.15, 0.2) is 16.5 Å². The summed E-state index contributed by atoms with van der Waals surface area (Å²) in [6.45, 7) is 0. The fraction of sp³-hybridized carbons (Fsp3) is 0.167. The molecule has 1 amide bonds. The second kappa shape index (κ2) is 7.25. The van der Waals surface area contributed by atoms with Crippen LogP contribution in [0.3, 0.4) is 0 Å². The third-order valence-corrected chi connectivity index (χ3v) is 4.42. The lowest BCUT2D eigenvalue weighted by Gasteiger charge is -2.28. The highest BCUT2D eigenvalue weighted by molar-refractivity contribution is 6.47. The lowest BCUT2D eigenvalue weighted by molar-refractivity contribution is -0.121. The SMILES string of the molecule is NC1=NC(c2ccccc2)=NC1(NC(=O)Cc1ccccc1)C(Cl)Cl. The standard InChI is InChI=1S/C18H16Cl2N4O/c19-16(20)18(23-14(25)11-12-7-3-1-4-8-12)17(21)22-15(24-18)13-9-5-2-6-10-13/h1-10,16H,11H2,(H,23,25)(H2,21,22,24). The van der Waals surface area contributed by atoms with Gasteiger partial charge < -0.3 is 11.1 Å². The molecule has 1 aliphatic rings. The second-order valence-electron chi connectivity index (χ2n) is 5.58. The van der Waals surface area contributed by atoms with Crippen LogP contribution in [-0.4, -0.2) is 28.1 Å². The van der Waals surface area contributed by atoms with Crippen molar-refractivity contribution in [2.45, 2.75) is 16.9 Å². The number of benzene rings is 2. The number of nitrogens with two attached hydrogens (primary N) is 1. The average Bonchev–Trinajstić information content (AvgIpc) is 2.94. The van der Waals surface area contributed by atoms with Gasteiger partial charge >= 0.3 is 0 Å². The van der Waals surface area contributed by atoms with Crippen molar-refractivity contribution >= 4 is 40.8 Å². The predicted molar refractivity (Wildman–Crippen MR) is 101 cm³/mol. The van der Waals surface area contributed by atoms with E-state index < -0.39 is 10.5 Å². The molecule has 5 nitrogen and oxygen atoms in total. The molecule has 0 aromatic heterocycles. The number of amidine groups is 2. The van der Waals surface area contributed by atoms with Crippen molar-refractivity contribution in [1.29, 1.82) is 0 Å². The molecule has 1 heterocycles. The zero-order chi connectivity index (χ0) is 17.9. The van der Waals surface area contributed by atoms with Gasteiger partial charge in [0.1, 0.15) is 0 Å². The average molecular weight is 375 g/mol. The molecule has 2 aromatic rings. The lowest BCUT2D eigenvalue weighted by atomic mass is 10.1. The Bertz CT molecular complexity index is 821. The third-order valence-electron chi connectivity index (χ3n) is 3.78. The van der Waals surface area contributed by atoms with E-state index in [0.29, 0.717) is 5.84 Å². The van der Waals surface area contributed by atoms with Gasteiger partial charge in [0, 0.05) is 5.56 Å². The molecule has 0 aliphatic carbocycles. The Morgan fingerprint density at radius 2 is 1.68 bits per heavy atom. The zero-order valence-corrected chi connectivity index (χ0v) is 14.7. The second-order valence-corrected chi connectivity index (χ2v) is 6.67. The summed E-state index contributed by atoms with van der Waals surface area (Å²) in [5.41, 5.74) is 6.18. The number of hydrogen-bond donors (Lipinski definition) is 2. The van der Waals surface area contributed by atoms with Gasteiger partial charge in [0.2, 0.25) is 11.6 Å². The van der Waals surface area contributed by atoms with Crippen LogP contribution in [-0.2, 0) is 11.2 Å². The van der Waals surface area contributed by atoms with Crippen molar-refractivity contribution in [3.8, 4) is 0 Å². The fourth-order valence-electron chi connectivity index (χ4n) is 2.51. The van der Waals surface area contributed by atoms with Crippen molar-refractivity contribution < 1.29 is 4.79 Å². The lowest BCUT2D eigenvalue weighted by Crippen LogP contribution is -2.59. The number of carbonyl (C=O) groups excluding carboxylic acids is 1. The molecule has 25 heavy (non-hydrogen) atoms. The highest BCUT2D eigenvalue weighted by Crippen LogP contribution is 2.28. The number of nitrogens with one attached hydrogen (secondary N) is 1. The molecular weight excluding hydrogens is 359 g/mol. The van der Waals surface area contributed by atoms with Crippen LogP contribution >= 0.6 is 23.2 Å². The van der Waals surface area contributed by atoms with Gasteiger partial charge in [-0.15, -0.1) is 0 Å². The van der Waals surface area contributed by atoms with Crippen LogP contribution in [0.1, 0.15) is 11.1 Å². The first-order chi connectivity index (χ1) is 12.0. The molecule has 1 unspecified atom stereocenters. The molecule has 3 rings (SSSR count). The van der Waals surface area contributed by atoms with E-state index in [4.69, 9.17) is 28.9 Å². The highest BCUT2D eigenvalue weighted by Gasteiger charge is 2.46. The number of alkyl halides is 2. The van der Waals surface area contributed by atoms with E-state index in [1.54, 1.807) is 0 Å². The molecule has 1 aliphatic heterocycles. The van der Waals surface area contributed by atoms with E-state index in [1.165, 1.54) is 0 Å². The number of halogens is 2. The fourth-order valence-corrected chi connectivity index (χ4v) is 2.94. The Morgan fingerprint density at radius 1 is 1.08 bits per heavy atom. The molecule has 0 fully saturated rings. The minimum Gasteiger partial charge on any atom is -0.383 e. The first kappa shape index (κ1) is 17.5. The maximum atomic E-state index is 12.5. The largest absolute Gasteiger partial charge is 0.383 e. The molecule has 3 N–H and O–H groups in total. The Morgan fingerprint density at radius 3 is 2.28 bits per heavy atom. The number of hydrogen-bond acceptors (Lipinski definition) is 4. The van der Waals surface area contributed by atoms with E-state index in [0.717, 1.165) is 11.1 Å². The van der Waals surface area contributed by atoms with Crippen molar-refractivity contribution in [1.82, 2.24) is 5.32 Å². The van der Waals surface area contributed by atoms with Gasteiger partial charge in [-0.05, 0) is 5.56 Å². The smallest absolute Gasteiger partial charge is 0.226 e. The number of aliphatic imine (C=N–C) groups is 2. The van der Waals surface area contributed by atoms with Gasteiger partial charge in [-0.3, -0.25) is 4.79 Å². The van der Waals surface area contributed by atoms with E-state index in [2.05, 4.69) is 15.3 Å². The van der Waals surface area contributed by atoms with E-state index in [9.17, 15) is 4.79 Å². The topological polar surface area (TPSA) is 79.8 Å². The van der Waals surface area contributed by atoms with Gasteiger partial charge in [0.05, 0.1) is 6.42 Å². The van der Waals surface area contributed by atoms with Crippen molar-refractivity contribution in [2.75, 3.05) is 0 Å². The van der Waals surface area contributed by atoms with Crippen LogP contribution in [0.25, 0.3) is 0 Å². The third kappa shape index (κ3) is 3.67. The van der Waals surface area contributed by atoms with Crippen LogP contribution in [0.15, 0.2) is 70.6 Å². The molecule has 7 heteroatoms. The normalized spacial score (nSPS) is 19.5. The van der Waals surface area contributed by atoms with E-state index in [-0.39, 0.29) is 18.2 Å². The van der Waals surface area contributed by atoms with Gasteiger partial charge in [-0.2, -0.15) is 0 Å². The number of amides is 1. The molecule has 0 saturated heterocycles. The van der Waals surface area contributed by atoms with Crippen LogP contribution < -0.4 is 11.1 Å². The summed E-state index contributed by atoms with van der Waals surface area (Å²) in [5, 5.41) is 2.74. The molecule has 0 saturated carbocycles. The number of carbonyl (C=O) groups is 1. The van der Waals surface area contributed by atoms with Gasteiger partial charge in [0.25, 0.3) is 0 Å². The molecule has 128 valence electrons. The predicted octanol–water partition coefficient (Wildman–Crippen LogP) is 2.66. The highest BCUT2D eigenvalue weighted by atomic mass is 35.5. The first-order valence-electron chi connectivity index (χ1n) is 7.64. The Balaban J connectivity index is 1.86. The van der Waals surface area contributed by atoms with Gasteiger partial charge in [-0.25, -0.2) is 9.98 Å². The molecule has 1 atom stereocenters. The van der Waals surface area contributed by atoms with Crippen molar-refractivity contribution in [3.63, 3.8) is 0 Å². The molecule has 0 spiro atoms. The van der Waals surface area contributed by atoms with E-state index >= 15 is 0 Å². The summed E-state index contributed by atoms with van der Waals surface area (Å²) in [4.78, 5) is 20.1. The Labute approximate surface area is 155 Å². The first-order valence-corrected chi connectivity index (χ1v) is 8.51. The maximum absolute atomic E-state index is 12.5. The summed E-state index contributed by atoms with van der Waals surface area (Å²) >= 11 is 12.2. The maximum Gasteiger partial charge on any atom is 0.226 e. The molecular formula is C18H16Cl2N4O. The minimum atomic E-state index is -1.47. The summed E-state index contributed by atoms with van der Waals surface area (Å²) in [7, 11) is 0. The summed E-state index contributed by atoms with van der Waals surface area (Å²) in [6.07, 6.45) is 0.159. The van der Waals surface area contributed by atoms with E-state index in [1.807, 2.05) is 60.7 Å². The van der Waals surface area contributed by atoms with Crippen LogP contribution in [0, 0.1) is 0 Å². The van der Waals surface area contributed by atoms with Crippen molar-refractivity contribution in [3.05, 3.63) is 71.8 Å². The Kier molecular flexibility index (Phi) is 5.06. The van der Waals surface area contributed by atoms with Crippen LogP contribution in [0.4, 0.5) is 0 Å². The number of rotatable bonds is 5. The molecule has 2 aromatic carbocycles. The van der Waals surface area contributed by atoms with Crippen LogP contribution in [0.5, 0.6) is 0 Å². The summed E-state index contributed by atoms with van der Waals surface area (Å²) in [5.74, 6) is 0.140. The summed E-state index contributed by atoms with van der Waals surface area (Å²) in [6, 6.07) is 18.6. The quantitative estimate of drug-likeness (QED) is 0.788. The summed E-state index contributed by atoms with van der Waals surface area (Å²) < 4.78 is 0. The monoisotopic (exact) mass is 374 g/mol. The minimum absolute atomic E-state index is 0.0581. The van der Waals surface area contributed by atoms with Crippen LogP contribution in [0.2, 0.25) is 0 Å².